The molecule has 0 amide bonds. The van der Waals surface area contributed by atoms with E-state index in [1.165, 1.54) is 19.1 Å². The standard InChI is InChI=1S/C8H5F3/c1-6-4-2-3-5-7(6)8(9,10)11/h2,4H,1H3. The lowest BCUT2D eigenvalue weighted by molar-refractivity contribution is -0.138. The average Bonchev–Trinajstić information content (AvgIpc) is 1.86. The van der Waals surface area contributed by atoms with E-state index in [0.717, 1.165) is 0 Å². The van der Waals surface area contributed by atoms with Crippen LogP contribution in [0.15, 0.2) is 12.1 Å². The van der Waals surface area contributed by atoms with Crippen LogP contribution in [0.3, 0.4) is 0 Å². The minimum atomic E-state index is -4.30. The Bertz CT molecular complexity index is 250. The number of alkyl halides is 3. The van der Waals surface area contributed by atoms with Crippen LogP contribution in [0.4, 0.5) is 13.2 Å². The molecule has 58 valence electrons. The summed E-state index contributed by atoms with van der Waals surface area (Å²) in [5.41, 5.74) is -0.559. The SMILES string of the molecule is Cc1cc[c][c]c1C(F)(F)F. The molecule has 0 aliphatic carbocycles. The molecule has 1 aromatic rings. The normalized spacial score (nSPS) is 11.6. The van der Waals surface area contributed by atoms with Gasteiger partial charge < -0.3 is 0 Å². The summed E-state index contributed by atoms with van der Waals surface area (Å²) in [4.78, 5) is 0. The van der Waals surface area contributed by atoms with Crippen molar-refractivity contribution in [3.8, 4) is 0 Å². The van der Waals surface area contributed by atoms with E-state index in [-0.39, 0.29) is 5.56 Å². The highest BCUT2D eigenvalue weighted by atomic mass is 19.4. The Morgan fingerprint density at radius 2 is 2.00 bits per heavy atom. The maximum absolute atomic E-state index is 12.0. The molecular weight excluding hydrogens is 153 g/mol. The monoisotopic (exact) mass is 158 g/mol. The first-order valence-corrected chi connectivity index (χ1v) is 2.98. The van der Waals surface area contributed by atoms with Crippen LogP contribution in [0.2, 0.25) is 0 Å². The maximum Gasteiger partial charge on any atom is 0.417 e. The Labute approximate surface area is 62.7 Å². The molecule has 3 heteroatoms. The van der Waals surface area contributed by atoms with Crippen molar-refractivity contribution in [1.82, 2.24) is 0 Å². The van der Waals surface area contributed by atoms with Gasteiger partial charge in [-0.2, -0.15) is 13.2 Å². The summed E-state index contributed by atoms with van der Waals surface area (Å²) in [5.74, 6) is 0. The van der Waals surface area contributed by atoms with Gasteiger partial charge in [0.15, 0.2) is 0 Å². The highest BCUT2D eigenvalue weighted by molar-refractivity contribution is 5.26. The zero-order chi connectivity index (χ0) is 8.48. The van der Waals surface area contributed by atoms with E-state index in [9.17, 15) is 13.2 Å². The summed E-state index contributed by atoms with van der Waals surface area (Å²) < 4.78 is 36.0. The first kappa shape index (κ1) is 8.11. The van der Waals surface area contributed by atoms with Crippen molar-refractivity contribution in [1.29, 1.82) is 0 Å². The van der Waals surface area contributed by atoms with Crippen molar-refractivity contribution in [2.45, 2.75) is 13.1 Å². The molecule has 0 bridgehead atoms. The van der Waals surface area contributed by atoms with Gasteiger partial charge in [-0.05, 0) is 18.6 Å². The van der Waals surface area contributed by atoms with Gasteiger partial charge in [-0.15, -0.1) is 0 Å². The number of rotatable bonds is 0. The summed E-state index contributed by atoms with van der Waals surface area (Å²) in [6.45, 7) is 1.40. The van der Waals surface area contributed by atoms with Gasteiger partial charge in [-0.3, -0.25) is 0 Å². The zero-order valence-corrected chi connectivity index (χ0v) is 5.79. The molecule has 2 radical (unpaired) electrons. The molecule has 0 heterocycles. The molecule has 0 aliphatic rings. The minimum Gasteiger partial charge on any atom is -0.166 e. The molecule has 0 saturated carbocycles. The highest BCUT2D eigenvalue weighted by Gasteiger charge is 2.31. The second-order valence-corrected chi connectivity index (χ2v) is 2.16. The first-order valence-electron chi connectivity index (χ1n) is 2.98. The first-order chi connectivity index (χ1) is 5.02. The van der Waals surface area contributed by atoms with Crippen LogP contribution in [0.1, 0.15) is 11.1 Å². The fraction of sp³-hybridized carbons (Fsp3) is 0.250. The maximum atomic E-state index is 12.0. The Morgan fingerprint density at radius 1 is 1.36 bits per heavy atom. The van der Waals surface area contributed by atoms with Crippen molar-refractivity contribution in [3.05, 3.63) is 35.4 Å². The van der Waals surface area contributed by atoms with Gasteiger partial charge in [0.2, 0.25) is 0 Å². The predicted molar refractivity (Wildman–Crippen MR) is 33.9 cm³/mol. The van der Waals surface area contributed by atoms with Crippen molar-refractivity contribution in [3.63, 3.8) is 0 Å². The Morgan fingerprint density at radius 3 is 2.36 bits per heavy atom. The fourth-order valence-electron chi connectivity index (χ4n) is 0.757. The van der Waals surface area contributed by atoms with Crippen LogP contribution in [-0.4, -0.2) is 0 Å². The van der Waals surface area contributed by atoms with Gasteiger partial charge >= 0.3 is 6.18 Å². The summed E-state index contributed by atoms with van der Waals surface area (Å²) in [6, 6.07) is 7.06. The highest BCUT2D eigenvalue weighted by Crippen LogP contribution is 2.30. The van der Waals surface area contributed by atoms with Crippen LogP contribution in [0, 0.1) is 19.1 Å². The van der Waals surface area contributed by atoms with Gasteiger partial charge in [0.25, 0.3) is 0 Å². The summed E-state index contributed by atoms with van der Waals surface area (Å²) in [7, 11) is 0. The van der Waals surface area contributed by atoms with Crippen molar-refractivity contribution < 1.29 is 13.2 Å². The van der Waals surface area contributed by atoms with Crippen LogP contribution in [-0.2, 0) is 6.18 Å². The largest absolute Gasteiger partial charge is 0.417 e. The molecular formula is C8H5F3. The molecule has 0 atom stereocenters. The molecule has 11 heavy (non-hydrogen) atoms. The van der Waals surface area contributed by atoms with E-state index >= 15 is 0 Å². The van der Waals surface area contributed by atoms with Crippen LogP contribution < -0.4 is 0 Å². The third-order valence-corrected chi connectivity index (χ3v) is 1.29. The molecule has 0 spiro atoms. The molecule has 0 aromatic heterocycles. The summed E-state index contributed by atoms with van der Waals surface area (Å²) in [5, 5.41) is 0. The molecule has 0 nitrogen and oxygen atoms in total. The summed E-state index contributed by atoms with van der Waals surface area (Å²) >= 11 is 0. The van der Waals surface area contributed by atoms with E-state index in [1.54, 1.807) is 0 Å². The average molecular weight is 158 g/mol. The predicted octanol–water partition coefficient (Wildman–Crippen LogP) is 2.61. The molecule has 0 N–H and O–H groups in total. The quantitative estimate of drug-likeness (QED) is 0.544. The van der Waals surface area contributed by atoms with Gasteiger partial charge in [0.05, 0.1) is 5.56 Å². The fourth-order valence-corrected chi connectivity index (χ4v) is 0.757. The Balaban J connectivity index is 3.14. The van der Waals surface area contributed by atoms with Crippen molar-refractivity contribution in [2.75, 3.05) is 0 Å². The third-order valence-electron chi connectivity index (χ3n) is 1.29. The number of halogens is 3. The smallest absolute Gasteiger partial charge is 0.166 e. The van der Waals surface area contributed by atoms with E-state index in [4.69, 9.17) is 0 Å². The topological polar surface area (TPSA) is 0 Å². The van der Waals surface area contributed by atoms with Crippen molar-refractivity contribution >= 4 is 0 Å². The zero-order valence-electron chi connectivity index (χ0n) is 5.79. The van der Waals surface area contributed by atoms with Crippen LogP contribution >= 0.6 is 0 Å². The lowest BCUT2D eigenvalue weighted by Crippen LogP contribution is -2.06. The minimum absolute atomic E-state index is 0.177. The van der Waals surface area contributed by atoms with Crippen molar-refractivity contribution in [2.24, 2.45) is 0 Å². The second-order valence-electron chi connectivity index (χ2n) is 2.16. The third kappa shape index (κ3) is 1.73. The van der Waals surface area contributed by atoms with Gasteiger partial charge in [-0.1, -0.05) is 12.1 Å². The second kappa shape index (κ2) is 2.57. The van der Waals surface area contributed by atoms with Gasteiger partial charge in [0.1, 0.15) is 0 Å². The van der Waals surface area contributed by atoms with Crippen LogP contribution in [0.5, 0.6) is 0 Å². The Hall–Kier alpha value is -0.990. The van der Waals surface area contributed by atoms with E-state index in [1.807, 2.05) is 6.07 Å². The Kier molecular flexibility index (Phi) is 1.89. The number of hydrogen-bond donors (Lipinski definition) is 0. The summed E-state index contributed by atoms with van der Waals surface area (Å²) in [6.07, 6.45) is -4.30. The van der Waals surface area contributed by atoms with E-state index in [0.29, 0.717) is 0 Å². The molecule has 0 saturated heterocycles. The lowest BCUT2D eigenvalue weighted by atomic mass is 10.1. The van der Waals surface area contributed by atoms with E-state index in [2.05, 4.69) is 6.07 Å². The molecule has 1 aromatic carbocycles. The van der Waals surface area contributed by atoms with Gasteiger partial charge in [-0.25, -0.2) is 0 Å². The lowest BCUT2D eigenvalue weighted by Gasteiger charge is -2.07. The van der Waals surface area contributed by atoms with E-state index < -0.39 is 11.7 Å². The van der Waals surface area contributed by atoms with Crippen LogP contribution in [0.25, 0.3) is 0 Å². The number of hydrogen-bond acceptors (Lipinski definition) is 0. The van der Waals surface area contributed by atoms with Gasteiger partial charge in [0, 0.05) is 6.07 Å². The number of benzene rings is 1. The molecule has 0 aliphatic heterocycles. The molecule has 0 unspecified atom stereocenters. The molecule has 0 fully saturated rings. The number of aryl methyl sites for hydroxylation is 1. The molecule has 1 rings (SSSR count).